The lowest BCUT2D eigenvalue weighted by molar-refractivity contribution is 0.476. The Morgan fingerprint density at radius 1 is 1.08 bits per heavy atom. The van der Waals surface area contributed by atoms with E-state index in [0.717, 1.165) is 22.9 Å². The molecule has 0 bridgehead atoms. The molecule has 0 amide bonds. The first-order valence-corrected chi connectivity index (χ1v) is 7.78. The molecule has 128 valence electrons. The Kier molecular flexibility index (Phi) is 6.12. The summed E-state index contributed by atoms with van der Waals surface area (Å²) in [5.74, 6) is 1.48. The fourth-order valence-electron chi connectivity index (χ4n) is 2.29. The van der Waals surface area contributed by atoms with Gasteiger partial charge in [0.05, 0.1) is 0 Å². The molecule has 0 radical (unpaired) electrons. The van der Waals surface area contributed by atoms with Crippen LogP contribution in [0.5, 0.6) is 0 Å². The molecule has 24 heavy (non-hydrogen) atoms. The molecule has 0 aliphatic carbocycles. The van der Waals surface area contributed by atoms with Crippen molar-refractivity contribution in [1.82, 2.24) is 15.2 Å². The number of anilines is 1. The Morgan fingerprint density at radius 3 is 2.29 bits per heavy atom. The lowest BCUT2D eigenvalue weighted by Gasteiger charge is -2.22. The van der Waals surface area contributed by atoms with E-state index in [2.05, 4.69) is 15.3 Å². The van der Waals surface area contributed by atoms with E-state index in [9.17, 15) is 4.39 Å². The lowest BCUT2D eigenvalue weighted by Crippen LogP contribution is -2.38. The summed E-state index contributed by atoms with van der Waals surface area (Å²) in [7, 11) is 7.63. The molecule has 0 fully saturated rings. The first kappa shape index (κ1) is 17.7. The van der Waals surface area contributed by atoms with Crippen LogP contribution in [-0.2, 0) is 13.1 Å². The Morgan fingerprint density at radius 2 is 1.75 bits per heavy atom. The van der Waals surface area contributed by atoms with Gasteiger partial charge in [-0.3, -0.25) is 4.99 Å². The van der Waals surface area contributed by atoms with Crippen LogP contribution < -0.4 is 10.2 Å². The molecule has 0 saturated heterocycles. The largest absolute Gasteiger partial charge is 0.363 e. The average molecular weight is 329 g/mol. The first-order valence-electron chi connectivity index (χ1n) is 7.78. The highest BCUT2D eigenvalue weighted by Gasteiger charge is 2.07. The van der Waals surface area contributed by atoms with Gasteiger partial charge in [0.15, 0.2) is 5.96 Å². The van der Waals surface area contributed by atoms with Gasteiger partial charge in [0, 0.05) is 47.5 Å². The molecule has 0 spiro atoms. The molecule has 6 heteroatoms. The van der Waals surface area contributed by atoms with Crippen molar-refractivity contribution in [2.45, 2.75) is 13.1 Å². The van der Waals surface area contributed by atoms with Crippen LogP contribution in [0.3, 0.4) is 0 Å². The number of pyridine rings is 1. The summed E-state index contributed by atoms with van der Waals surface area (Å²) in [6.45, 7) is 1.29. The highest BCUT2D eigenvalue weighted by atomic mass is 19.1. The summed E-state index contributed by atoms with van der Waals surface area (Å²) in [5.41, 5.74) is 2.11. The molecule has 1 N–H and O–H groups in total. The molecular weight excluding hydrogens is 305 g/mol. The second-order valence-electron chi connectivity index (χ2n) is 5.80. The summed E-state index contributed by atoms with van der Waals surface area (Å²) < 4.78 is 13.0. The van der Waals surface area contributed by atoms with E-state index in [-0.39, 0.29) is 5.82 Å². The lowest BCUT2D eigenvalue weighted by atomic mass is 10.2. The van der Waals surface area contributed by atoms with Crippen molar-refractivity contribution in [3.05, 3.63) is 59.5 Å². The molecule has 1 aromatic heterocycles. The van der Waals surface area contributed by atoms with E-state index < -0.39 is 0 Å². The van der Waals surface area contributed by atoms with Crippen molar-refractivity contribution >= 4 is 11.8 Å². The summed E-state index contributed by atoms with van der Waals surface area (Å²) in [5, 5.41) is 3.31. The molecule has 5 nitrogen and oxygen atoms in total. The number of nitrogens with one attached hydrogen (secondary N) is 1. The van der Waals surface area contributed by atoms with E-state index in [1.807, 2.05) is 49.3 Å². The van der Waals surface area contributed by atoms with Crippen LogP contribution >= 0.6 is 0 Å². The van der Waals surface area contributed by atoms with E-state index in [1.165, 1.54) is 12.1 Å². The zero-order chi connectivity index (χ0) is 17.5. The van der Waals surface area contributed by atoms with Gasteiger partial charge < -0.3 is 15.1 Å². The molecule has 0 atom stereocenters. The number of hydrogen-bond acceptors (Lipinski definition) is 3. The van der Waals surface area contributed by atoms with Crippen LogP contribution in [0.2, 0.25) is 0 Å². The smallest absolute Gasteiger partial charge is 0.193 e. The van der Waals surface area contributed by atoms with Gasteiger partial charge in [-0.05, 0) is 29.3 Å². The van der Waals surface area contributed by atoms with Crippen LogP contribution in [-0.4, -0.2) is 44.0 Å². The number of aliphatic imine (C=N–C) groups is 1. The molecule has 2 rings (SSSR count). The second kappa shape index (κ2) is 8.29. The Bertz CT molecular complexity index is 665. The fraction of sp³-hybridized carbons (Fsp3) is 0.333. The highest BCUT2D eigenvalue weighted by Crippen LogP contribution is 2.08. The minimum absolute atomic E-state index is 0.224. The monoisotopic (exact) mass is 329 g/mol. The quantitative estimate of drug-likeness (QED) is 0.676. The Labute approximate surface area is 142 Å². The normalized spacial score (nSPS) is 11.3. The summed E-state index contributed by atoms with van der Waals surface area (Å²) >= 11 is 0. The van der Waals surface area contributed by atoms with E-state index in [4.69, 9.17) is 0 Å². The van der Waals surface area contributed by atoms with Gasteiger partial charge in [0.2, 0.25) is 0 Å². The maximum atomic E-state index is 13.0. The maximum Gasteiger partial charge on any atom is 0.193 e. The number of benzene rings is 1. The third-order valence-electron chi connectivity index (χ3n) is 3.62. The van der Waals surface area contributed by atoms with E-state index in [0.29, 0.717) is 13.1 Å². The number of halogens is 1. The molecule has 0 saturated carbocycles. The molecular formula is C18H24FN5. The van der Waals surface area contributed by atoms with Crippen LogP contribution in [0.25, 0.3) is 0 Å². The fourth-order valence-corrected chi connectivity index (χ4v) is 2.29. The molecule has 0 unspecified atom stereocenters. The van der Waals surface area contributed by atoms with Crippen molar-refractivity contribution < 1.29 is 4.39 Å². The topological polar surface area (TPSA) is 43.8 Å². The standard InChI is InChI=1S/C18H24FN5/c1-20-18(24(4)13-14-5-8-16(19)9-6-14)22-12-15-7-10-17(21-11-15)23(2)3/h5-11H,12-13H2,1-4H3,(H,20,22). The number of rotatable bonds is 5. The Balaban J connectivity index is 1.92. The summed E-state index contributed by atoms with van der Waals surface area (Å²) in [6.07, 6.45) is 1.86. The van der Waals surface area contributed by atoms with Crippen molar-refractivity contribution in [2.24, 2.45) is 4.99 Å². The molecule has 1 heterocycles. The molecule has 0 aliphatic rings. The molecule has 1 aromatic carbocycles. The van der Waals surface area contributed by atoms with Crippen molar-refractivity contribution in [3.8, 4) is 0 Å². The van der Waals surface area contributed by atoms with Gasteiger partial charge in [0.25, 0.3) is 0 Å². The maximum absolute atomic E-state index is 13.0. The highest BCUT2D eigenvalue weighted by molar-refractivity contribution is 5.79. The van der Waals surface area contributed by atoms with Crippen molar-refractivity contribution in [2.75, 3.05) is 33.1 Å². The number of guanidine groups is 1. The van der Waals surface area contributed by atoms with Gasteiger partial charge in [-0.2, -0.15) is 0 Å². The van der Waals surface area contributed by atoms with E-state index in [1.54, 1.807) is 19.2 Å². The number of aromatic nitrogens is 1. The first-order chi connectivity index (χ1) is 11.5. The second-order valence-corrected chi connectivity index (χ2v) is 5.80. The minimum Gasteiger partial charge on any atom is -0.363 e. The number of nitrogens with zero attached hydrogens (tertiary/aromatic N) is 4. The van der Waals surface area contributed by atoms with E-state index >= 15 is 0 Å². The van der Waals surface area contributed by atoms with Gasteiger partial charge in [-0.1, -0.05) is 18.2 Å². The van der Waals surface area contributed by atoms with Crippen LogP contribution in [0, 0.1) is 5.82 Å². The molecule has 2 aromatic rings. The van der Waals surface area contributed by atoms with Gasteiger partial charge in [-0.25, -0.2) is 9.37 Å². The van der Waals surface area contributed by atoms with Crippen LogP contribution in [0.1, 0.15) is 11.1 Å². The van der Waals surface area contributed by atoms with Gasteiger partial charge in [-0.15, -0.1) is 0 Å². The zero-order valence-electron chi connectivity index (χ0n) is 14.6. The summed E-state index contributed by atoms with van der Waals surface area (Å²) in [4.78, 5) is 12.7. The van der Waals surface area contributed by atoms with Gasteiger partial charge in [0.1, 0.15) is 11.6 Å². The summed E-state index contributed by atoms with van der Waals surface area (Å²) in [6, 6.07) is 10.5. The third-order valence-corrected chi connectivity index (χ3v) is 3.62. The zero-order valence-corrected chi connectivity index (χ0v) is 14.6. The SMILES string of the molecule is CN=C(NCc1ccc(N(C)C)nc1)N(C)Cc1ccc(F)cc1. The van der Waals surface area contributed by atoms with Crippen molar-refractivity contribution in [1.29, 1.82) is 0 Å². The average Bonchev–Trinajstić information content (AvgIpc) is 2.58. The van der Waals surface area contributed by atoms with Gasteiger partial charge >= 0.3 is 0 Å². The third kappa shape index (κ3) is 4.94. The van der Waals surface area contributed by atoms with Crippen LogP contribution in [0.15, 0.2) is 47.6 Å². The Hall–Kier alpha value is -2.63. The molecule has 0 aliphatic heterocycles. The predicted octanol–water partition coefficient (Wildman–Crippen LogP) is 2.49. The van der Waals surface area contributed by atoms with Crippen molar-refractivity contribution in [3.63, 3.8) is 0 Å². The number of hydrogen-bond donors (Lipinski definition) is 1. The predicted molar refractivity (Wildman–Crippen MR) is 96.6 cm³/mol. The van der Waals surface area contributed by atoms with Crippen LogP contribution in [0.4, 0.5) is 10.2 Å². The minimum atomic E-state index is -0.224.